The number of anilines is 1. The summed E-state index contributed by atoms with van der Waals surface area (Å²) in [6, 6.07) is 8.11. The van der Waals surface area contributed by atoms with Gasteiger partial charge in [0.05, 0.1) is 25.7 Å². The molecule has 9 nitrogen and oxygen atoms in total. The van der Waals surface area contributed by atoms with Crippen molar-refractivity contribution in [3.05, 3.63) is 47.3 Å². The molecule has 0 radical (unpaired) electrons. The van der Waals surface area contributed by atoms with Gasteiger partial charge in [-0.1, -0.05) is 26.7 Å². The Hall–Kier alpha value is -3.37. The third-order valence-electron chi connectivity index (χ3n) is 9.84. The standard InChI is InChI=1S/C36H49FN2O7/c1-5-9-25(10-6-2)39(26-12-14-29(37)23(3)17-26)33(40)21-38-20-28(24-18-31(43-4)35-32(19-24)45-22-46-35)34(36(41)42)30(38)15-13-27-11-7-8-16-44-27/h12,14,17-19,25,27-28,30,34H,5-11,13,15-16,20-22H2,1-4H3,(H,41,42)/t27?,28-,30+,34-/m1/s1. The Morgan fingerprint density at radius 3 is 2.54 bits per heavy atom. The van der Waals surface area contributed by atoms with Crippen LogP contribution in [0.2, 0.25) is 0 Å². The maximum absolute atomic E-state index is 14.5. The van der Waals surface area contributed by atoms with Gasteiger partial charge in [-0.05, 0) is 93.3 Å². The van der Waals surface area contributed by atoms with E-state index in [-0.39, 0.29) is 43.2 Å². The number of halogens is 1. The minimum absolute atomic E-state index is 0.0479. The molecule has 1 amide bonds. The Bertz CT molecular complexity index is 1360. The molecule has 2 fully saturated rings. The highest BCUT2D eigenvalue weighted by Crippen LogP contribution is 2.47. The van der Waals surface area contributed by atoms with Crippen molar-refractivity contribution >= 4 is 17.6 Å². The third-order valence-corrected chi connectivity index (χ3v) is 9.84. The Balaban J connectivity index is 1.49. The van der Waals surface area contributed by atoms with Crippen LogP contribution in [-0.2, 0) is 14.3 Å². The van der Waals surface area contributed by atoms with Crippen LogP contribution in [0.5, 0.6) is 17.2 Å². The van der Waals surface area contributed by atoms with Gasteiger partial charge in [0.25, 0.3) is 0 Å². The van der Waals surface area contributed by atoms with E-state index in [1.54, 1.807) is 26.2 Å². The first-order chi connectivity index (χ1) is 22.2. The first-order valence-electron chi connectivity index (χ1n) is 16.9. The summed E-state index contributed by atoms with van der Waals surface area (Å²) in [6.07, 6.45) is 7.94. The van der Waals surface area contributed by atoms with Gasteiger partial charge in [-0.2, -0.15) is 0 Å². The number of nitrogens with zero attached hydrogens (tertiary/aromatic N) is 2. The summed E-state index contributed by atoms with van der Waals surface area (Å²) in [5.41, 5.74) is 1.94. The van der Waals surface area contributed by atoms with Gasteiger partial charge in [-0.3, -0.25) is 14.5 Å². The highest BCUT2D eigenvalue weighted by atomic mass is 19.1. The molecule has 3 heterocycles. The Kier molecular flexibility index (Phi) is 11.4. The van der Waals surface area contributed by atoms with Crippen LogP contribution in [0, 0.1) is 18.7 Å². The van der Waals surface area contributed by atoms with Crippen LogP contribution in [-0.4, -0.2) is 73.7 Å². The van der Waals surface area contributed by atoms with Gasteiger partial charge in [0.1, 0.15) is 5.82 Å². The molecule has 2 aromatic carbocycles. The second-order valence-corrected chi connectivity index (χ2v) is 12.9. The summed E-state index contributed by atoms with van der Waals surface area (Å²) < 4.78 is 37.2. The minimum Gasteiger partial charge on any atom is -0.493 e. The van der Waals surface area contributed by atoms with Crippen LogP contribution in [0.1, 0.15) is 88.7 Å². The minimum atomic E-state index is -0.896. The van der Waals surface area contributed by atoms with E-state index in [9.17, 15) is 19.1 Å². The molecule has 1 unspecified atom stereocenters. The molecule has 4 atom stereocenters. The van der Waals surface area contributed by atoms with E-state index in [1.807, 2.05) is 17.0 Å². The van der Waals surface area contributed by atoms with Crippen molar-refractivity contribution in [1.29, 1.82) is 0 Å². The fourth-order valence-electron chi connectivity index (χ4n) is 7.60. The first-order valence-corrected chi connectivity index (χ1v) is 16.9. The Morgan fingerprint density at radius 1 is 1.11 bits per heavy atom. The lowest BCUT2D eigenvalue weighted by Crippen LogP contribution is -2.48. The van der Waals surface area contributed by atoms with Gasteiger partial charge in [-0.15, -0.1) is 0 Å². The summed E-state index contributed by atoms with van der Waals surface area (Å²) in [4.78, 5) is 31.5. The molecule has 2 saturated heterocycles. The molecule has 0 aromatic heterocycles. The van der Waals surface area contributed by atoms with Crippen molar-refractivity contribution in [2.24, 2.45) is 5.92 Å². The van der Waals surface area contributed by atoms with Crippen LogP contribution in [0.3, 0.4) is 0 Å². The number of fused-ring (bicyclic) bond motifs is 1. The zero-order valence-corrected chi connectivity index (χ0v) is 27.6. The van der Waals surface area contributed by atoms with E-state index in [4.69, 9.17) is 18.9 Å². The Labute approximate surface area is 271 Å². The molecule has 0 aliphatic carbocycles. The fourth-order valence-corrected chi connectivity index (χ4v) is 7.60. The van der Waals surface area contributed by atoms with E-state index >= 15 is 0 Å². The number of amides is 1. The molecule has 0 saturated carbocycles. The number of carbonyl (C=O) groups excluding carboxylic acids is 1. The predicted octanol–water partition coefficient (Wildman–Crippen LogP) is 6.69. The highest BCUT2D eigenvalue weighted by Gasteiger charge is 2.48. The summed E-state index contributed by atoms with van der Waals surface area (Å²) in [6.45, 7) is 7.15. The van der Waals surface area contributed by atoms with Crippen molar-refractivity contribution in [1.82, 2.24) is 4.90 Å². The summed E-state index contributed by atoms with van der Waals surface area (Å²) in [5.74, 6) is -0.945. The summed E-state index contributed by atoms with van der Waals surface area (Å²) in [5, 5.41) is 10.7. The largest absolute Gasteiger partial charge is 0.493 e. The number of hydrogen-bond donors (Lipinski definition) is 1. The van der Waals surface area contributed by atoms with Crippen molar-refractivity contribution in [3.63, 3.8) is 0 Å². The molecule has 10 heteroatoms. The van der Waals surface area contributed by atoms with Crippen LogP contribution in [0.15, 0.2) is 30.3 Å². The SMILES string of the molecule is CCCC(CCC)N(C(=O)CN1C[C@H](c2cc(OC)c3c(c2)OCO3)[C@@H](C(=O)O)[C@@H]1CCC1CCCCO1)c1ccc(F)c(C)c1. The van der Waals surface area contributed by atoms with Crippen LogP contribution >= 0.6 is 0 Å². The molecule has 2 aromatic rings. The van der Waals surface area contributed by atoms with E-state index in [0.717, 1.165) is 63.5 Å². The lowest BCUT2D eigenvalue weighted by Gasteiger charge is -2.35. The van der Waals surface area contributed by atoms with Gasteiger partial charge >= 0.3 is 5.97 Å². The van der Waals surface area contributed by atoms with Crippen molar-refractivity contribution in [3.8, 4) is 17.2 Å². The lowest BCUT2D eigenvalue weighted by molar-refractivity contribution is -0.143. The van der Waals surface area contributed by atoms with Gasteiger partial charge in [0, 0.05) is 36.8 Å². The number of aliphatic carboxylic acids is 1. The zero-order chi connectivity index (χ0) is 32.8. The van der Waals surface area contributed by atoms with Gasteiger partial charge < -0.3 is 29.0 Å². The smallest absolute Gasteiger partial charge is 0.308 e. The molecule has 46 heavy (non-hydrogen) atoms. The maximum atomic E-state index is 14.5. The van der Waals surface area contributed by atoms with Crippen LogP contribution in [0.25, 0.3) is 0 Å². The number of benzene rings is 2. The average Bonchev–Trinajstić information content (AvgIpc) is 3.67. The topological polar surface area (TPSA) is 97.8 Å². The number of carboxylic acids is 1. The fraction of sp³-hybridized carbons (Fsp3) is 0.611. The first kappa shape index (κ1) is 34.0. The van der Waals surface area contributed by atoms with Gasteiger partial charge in [0.15, 0.2) is 11.5 Å². The molecular weight excluding hydrogens is 591 g/mol. The van der Waals surface area contributed by atoms with E-state index in [2.05, 4.69) is 18.7 Å². The van der Waals surface area contributed by atoms with Crippen molar-refractivity contribution in [2.75, 3.05) is 38.5 Å². The molecule has 252 valence electrons. The molecule has 3 aliphatic rings. The number of methoxy groups -OCH3 is 1. The zero-order valence-electron chi connectivity index (χ0n) is 27.6. The number of ether oxygens (including phenoxy) is 4. The second kappa shape index (κ2) is 15.5. The second-order valence-electron chi connectivity index (χ2n) is 12.9. The maximum Gasteiger partial charge on any atom is 0.308 e. The molecular formula is C36H49FN2O7. The number of hydrogen-bond acceptors (Lipinski definition) is 7. The van der Waals surface area contributed by atoms with Crippen LogP contribution < -0.4 is 19.1 Å². The number of likely N-dealkylation sites (tertiary alicyclic amines) is 1. The average molecular weight is 641 g/mol. The third kappa shape index (κ3) is 7.44. The summed E-state index contributed by atoms with van der Waals surface area (Å²) >= 11 is 0. The molecule has 5 rings (SSSR count). The quantitative estimate of drug-likeness (QED) is 0.244. The van der Waals surface area contributed by atoms with Crippen molar-refractivity contribution in [2.45, 2.75) is 103 Å². The predicted molar refractivity (Wildman–Crippen MR) is 173 cm³/mol. The van der Waals surface area contributed by atoms with E-state index in [1.165, 1.54) is 6.07 Å². The lowest BCUT2D eigenvalue weighted by atomic mass is 9.83. The monoisotopic (exact) mass is 640 g/mol. The Morgan fingerprint density at radius 2 is 1.89 bits per heavy atom. The van der Waals surface area contributed by atoms with E-state index in [0.29, 0.717) is 41.5 Å². The van der Waals surface area contributed by atoms with Gasteiger partial charge in [0.2, 0.25) is 18.4 Å². The molecule has 3 aliphatic heterocycles. The van der Waals surface area contributed by atoms with Crippen molar-refractivity contribution < 1.29 is 38.0 Å². The van der Waals surface area contributed by atoms with E-state index < -0.39 is 17.8 Å². The molecule has 1 N–H and O–H groups in total. The van der Waals surface area contributed by atoms with Crippen LogP contribution in [0.4, 0.5) is 10.1 Å². The number of carboxylic acid groups (broad SMARTS) is 1. The molecule has 0 spiro atoms. The number of aryl methyl sites for hydroxylation is 1. The molecule has 0 bridgehead atoms. The normalized spacial score (nSPS) is 22.7. The number of rotatable bonds is 14. The highest BCUT2D eigenvalue weighted by molar-refractivity contribution is 5.95. The van der Waals surface area contributed by atoms with Gasteiger partial charge in [-0.25, -0.2) is 4.39 Å². The summed E-state index contributed by atoms with van der Waals surface area (Å²) in [7, 11) is 1.55. The number of carbonyl (C=O) groups is 2.